The molecule has 0 amide bonds. The summed E-state index contributed by atoms with van der Waals surface area (Å²) in [6.45, 7) is 2.01. The summed E-state index contributed by atoms with van der Waals surface area (Å²) in [4.78, 5) is 4.43. The molecule has 1 heterocycles. The lowest BCUT2D eigenvalue weighted by atomic mass is 10.2. The van der Waals surface area contributed by atoms with Crippen molar-refractivity contribution < 1.29 is 0 Å². The molecule has 2 aromatic rings. The molecular formula is C13H13ClN4S. The average Bonchev–Trinajstić information content (AvgIpc) is 2.39. The quantitative estimate of drug-likeness (QED) is 0.536. The Kier molecular flexibility index (Phi) is 4.76. The number of aromatic nitrogens is 1. The second-order valence-electron chi connectivity index (χ2n) is 3.69. The zero-order valence-electron chi connectivity index (χ0n) is 10.4. The van der Waals surface area contributed by atoms with Crippen LogP contribution in [-0.2, 0) is 0 Å². The van der Waals surface area contributed by atoms with E-state index in [1.165, 1.54) is 11.8 Å². The molecule has 0 radical (unpaired) electrons. The lowest BCUT2D eigenvalue weighted by Crippen LogP contribution is -2.05. The standard InChI is InChI=1S/C13H13ClN4S/c1-2-19-13(15)18-16-8-11-5-3-9-7-10(14)4-6-12(9)17-11/h3-8H,2H2,1H3,(H2,15,18)/b16-8+. The first-order valence-corrected chi connectivity index (χ1v) is 7.11. The van der Waals surface area contributed by atoms with Crippen LogP contribution >= 0.6 is 23.4 Å². The molecule has 2 rings (SSSR count). The Morgan fingerprint density at radius 2 is 2.26 bits per heavy atom. The minimum atomic E-state index is 0.450. The van der Waals surface area contributed by atoms with Crippen molar-refractivity contribution in [2.75, 3.05) is 5.75 Å². The summed E-state index contributed by atoms with van der Waals surface area (Å²) < 4.78 is 0. The third kappa shape index (κ3) is 3.94. The van der Waals surface area contributed by atoms with Gasteiger partial charge in [-0.15, -0.1) is 5.10 Å². The Morgan fingerprint density at radius 1 is 1.42 bits per heavy atom. The molecule has 0 spiro atoms. The number of halogens is 1. The molecule has 19 heavy (non-hydrogen) atoms. The van der Waals surface area contributed by atoms with Crippen LogP contribution in [0.5, 0.6) is 0 Å². The summed E-state index contributed by atoms with van der Waals surface area (Å²) in [5.41, 5.74) is 7.22. The summed E-state index contributed by atoms with van der Waals surface area (Å²) in [6, 6.07) is 9.37. The van der Waals surface area contributed by atoms with E-state index in [2.05, 4.69) is 15.2 Å². The van der Waals surface area contributed by atoms with Crippen LogP contribution in [0.25, 0.3) is 10.9 Å². The first-order valence-electron chi connectivity index (χ1n) is 5.74. The van der Waals surface area contributed by atoms with Crippen molar-refractivity contribution in [1.82, 2.24) is 4.98 Å². The highest BCUT2D eigenvalue weighted by Gasteiger charge is 1.97. The van der Waals surface area contributed by atoms with Crippen LogP contribution in [0.4, 0.5) is 0 Å². The molecule has 0 aliphatic heterocycles. The van der Waals surface area contributed by atoms with E-state index in [-0.39, 0.29) is 0 Å². The topological polar surface area (TPSA) is 63.6 Å². The summed E-state index contributed by atoms with van der Waals surface area (Å²) in [6.07, 6.45) is 1.58. The SMILES string of the molecule is CCS/C(N)=N/N=C/c1ccc2cc(Cl)ccc2n1. The fraction of sp³-hybridized carbons (Fsp3) is 0.154. The van der Waals surface area contributed by atoms with E-state index in [4.69, 9.17) is 17.3 Å². The Labute approximate surface area is 120 Å². The first-order chi connectivity index (χ1) is 9.19. The van der Waals surface area contributed by atoms with Gasteiger partial charge in [-0.1, -0.05) is 36.4 Å². The van der Waals surface area contributed by atoms with Crippen molar-refractivity contribution in [1.29, 1.82) is 0 Å². The van der Waals surface area contributed by atoms with Crippen LogP contribution in [-0.4, -0.2) is 22.1 Å². The van der Waals surface area contributed by atoms with Gasteiger partial charge in [0.25, 0.3) is 0 Å². The third-order valence-corrected chi connectivity index (χ3v) is 3.21. The van der Waals surface area contributed by atoms with E-state index in [0.717, 1.165) is 22.3 Å². The number of fused-ring (bicyclic) bond motifs is 1. The number of hydrogen-bond donors (Lipinski definition) is 1. The number of amidine groups is 1. The molecular weight excluding hydrogens is 280 g/mol. The molecule has 1 aromatic heterocycles. The van der Waals surface area contributed by atoms with E-state index in [1.54, 1.807) is 6.21 Å². The second kappa shape index (κ2) is 6.54. The van der Waals surface area contributed by atoms with Crippen molar-refractivity contribution in [3.63, 3.8) is 0 Å². The van der Waals surface area contributed by atoms with E-state index >= 15 is 0 Å². The minimum Gasteiger partial charge on any atom is -0.377 e. The minimum absolute atomic E-state index is 0.450. The van der Waals surface area contributed by atoms with Gasteiger partial charge in [-0.2, -0.15) is 5.10 Å². The molecule has 0 fully saturated rings. The Hall–Kier alpha value is -1.59. The molecule has 0 aliphatic rings. The predicted molar refractivity (Wildman–Crippen MR) is 84.1 cm³/mol. The molecule has 0 aliphatic carbocycles. The summed E-state index contributed by atoms with van der Waals surface area (Å²) >= 11 is 7.37. The van der Waals surface area contributed by atoms with E-state index in [1.807, 2.05) is 37.3 Å². The van der Waals surface area contributed by atoms with Crippen molar-refractivity contribution in [2.45, 2.75) is 6.92 Å². The smallest absolute Gasteiger partial charge is 0.180 e. The van der Waals surface area contributed by atoms with E-state index < -0.39 is 0 Å². The normalized spacial score (nSPS) is 12.4. The average molecular weight is 293 g/mol. The van der Waals surface area contributed by atoms with Crippen molar-refractivity contribution in [2.24, 2.45) is 15.9 Å². The number of hydrogen-bond acceptors (Lipinski definition) is 4. The van der Waals surface area contributed by atoms with Gasteiger partial charge in [0.2, 0.25) is 0 Å². The lowest BCUT2D eigenvalue weighted by Gasteiger charge is -1.98. The van der Waals surface area contributed by atoms with Gasteiger partial charge in [0.1, 0.15) is 0 Å². The summed E-state index contributed by atoms with van der Waals surface area (Å²) in [7, 11) is 0. The largest absolute Gasteiger partial charge is 0.377 e. The number of nitrogens with zero attached hydrogens (tertiary/aromatic N) is 3. The molecule has 0 atom stereocenters. The molecule has 6 heteroatoms. The maximum Gasteiger partial charge on any atom is 0.180 e. The van der Waals surface area contributed by atoms with Crippen LogP contribution in [0, 0.1) is 0 Å². The molecule has 0 saturated carbocycles. The maximum atomic E-state index is 5.92. The highest BCUT2D eigenvalue weighted by molar-refractivity contribution is 8.13. The van der Waals surface area contributed by atoms with Crippen molar-refractivity contribution in [3.05, 3.63) is 41.0 Å². The molecule has 2 N–H and O–H groups in total. The van der Waals surface area contributed by atoms with Crippen LogP contribution in [0.2, 0.25) is 5.02 Å². The number of rotatable bonds is 3. The number of nitrogens with two attached hydrogens (primary N) is 1. The van der Waals surface area contributed by atoms with Crippen LogP contribution in [0.1, 0.15) is 12.6 Å². The summed E-state index contributed by atoms with van der Waals surface area (Å²) in [5, 5.41) is 9.93. The van der Waals surface area contributed by atoms with Gasteiger partial charge in [0, 0.05) is 10.4 Å². The Balaban J connectivity index is 2.20. The van der Waals surface area contributed by atoms with Gasteiger partial charge >= 0.3 is 0 Å². The Morgan fingerprint density at radius 3 is 3.05 bits per heavy atom. The third-order valence-electron chi connectivity index (χ3n) is 2.31. The molecule has 98 valence electrons. The molecule has 4 nitrogen and oxygen atoms in total. The van der Waals surface area contributed by atoms with Gasteiger partial charge < -0.3 is 5.73 Å². The zero-order valence-corrected chi connectivity index (χ0v) is 11.9. The highest BCUT2D eigenvalue weighted by atomic mass is 35.5. The van der Waals surface area contributed by atoms with Crippen LogP contribution in [0.15, 0.2) is 40.5 Å². The summed E-state index contributed by atoms with van der Waals surface area (Å²) in [5.74, 6) is 0.875. The maximum absolute atomic E-state index is 5.92. The van der Waals surface area contributed by atoms with Crippen LogP contribution in [0.3, 0.4) is 0 Å². The Bertz CT molecular complexity index is 640. The molecule has 0 saturated heterocycles. The van der Waals surface area contributed by atoms with Crippen molar-refractivity contribution >= 4 is 45.6 Å². The number of thioether (sulfide) groups is 1. The van der Waals surface area contributed by atoms with Gasteiger partial charge in [-0.05, 0) is 30.0 Å². The zero-order chi connectivity index (χ0) is 13.7. The van der Waals surface area contributed by atoms with E-state index in [9.17, 15) is 0 Å². The second-order valence-corrected chi connectivity index (χ2v) is 5.41. The predicted octanol–water partition coefficient (Wildman–Crippen LogP) is 3.29. The first kappa shape index (κ1) is 13.8. The fourth-order valence-corrected chi connectivity index (χ4v) is 2.09. The monoisotopic (exact) mass is 292 g/mol. The van der Waals surface area contributed by atoms with E-state index in [0.29, 0.717) is 10.2 Å². The number of pyridine rings is 1. The number of benzene rings is 1. The van der Waals surface area contributed by atoms with Gasteiger partial charge in [-0.3, -0.25) is 0 Å². The van der Waals surface area contributed by atoms with Gasteiger partial charge in [0.15, 0.2) is 5.17 Å². The molecule has 1 aromatic carbocycles. The fourth-order valence-electron chi connectivity index (χ4n) is 1.51. The lowest BCUT2D eigenvalue weighted by molar-refractivity contribution is 1.24. The van der Waals surface area contributed by atoms with Gasteiger partial charge in [0.05, 0.1) is 17.4 Å². The molecule has 0 bridgehead atoms. The van der Waals surface area contributed by atoms with Gasteiger partial charge in [-0.25, -0.2) is 4.98 Å². The van der Waals surface area contributed by atoms with Crippen LogP contribution < -0.4 is 5.73 Å². The molecule has 0 unspecified atom stereocenters. The highest BCUT2D eigenvalue weighted by Crippen LogP contribution is 2.17. The van der Waals surface area contributed by atoms with Crippen molar-refractivity contribution in [3.8, 4) is 0 Å².